The monoisotopic (exact) mass is 330 g/mol. The second kappa shape index (κ2) is 5.14. The van der Waals surface area contributed by atoms with Crippen LogP contribution in [0.3, 0.4) is 0 Å². The summed E-state index contributed by atoms with van der Waals surface area (Å²) in [4.78, 5) is 14.3. The van der Waals surface area contributed by atoms with Crippen LogP contribution in [-0.2, 0) is 0 Å². The Balaban J connectivity index is 2.21. The molecule has 1 amide bonds. The Morgan fingerprint density at radius 1 is 1.50 bits per heavy atom. The third-order valence-electron chi connectivity index (χ3n) is 2.87. The molecule has 0 spiro atoms. The molecule has 16 heavy (non-hydrogen) atoms. The Kier molecular flexibility index (Phi) is 3.81. The minimum atomic E-state index is 0.152. The number of nitrogens with zero attached hydrogens (tertiary/aromatic N) is 1. The van der Waals surface area contributed by atoms with Gasteiger partial charge >= 0.3 is 0 Å². The van der Waals surface area contributed by atoms with Crippen molar-refractivity contribution in [3.05, 3.63) is 33.4 Å². The lowest BCUT2D eigenvalue weighted by Gasteiger charge is -2.34. The molecule has 0 aliphatic carbocycles. The molecule has 3 nitrogen and oxygen atoms in total. The smallest absolute Gasteiger partial charge is 0.255 e. The van der Waals surface area contributed by atoms with Crippen molar-refractivity contribution >= 4 is 28.5 Å². The standard InChI is InChI=1S/C12H15IN2O/c1-9-8-14-6-7-15(9)12(16)10-4-2-3-5-11(10)13/h2-5,9,14H,6-8H2,1H3. The molecule has 1 fully saturated rings. The van der Waals surface area contributed by atoms with E-state index in [1.807, 2.05) is 29.2 Å². The molecule has 1 aliphatic rings. The van der Waals surface area contributed by atoms with Crippen LogP contribution in [-0.4, -0.2) is 36.5 Å². The predicted molar refractivity (Wildman–Crippen MR) is 72.5 cm³/mol. The van der Waals surface area contributed by atoms with Crippen molar-refractivity contribution in [3.63, 3.8) is 0 Å². The highest BCUT2D eigenvalue weighted by Gasteiger charge is 2.24. The zero-order valence-corrected chi connectivity index (χ0v) is 11.4. The maximum absolute atomic E-state index is 12.3. The topological polar surface area (TPSA) is 32.3 Å². The van der Waals surface area contributed by atoms with Gasteiger partial charge in [-0.2, -0.15) is 0 Å². The van der Waals surface area contributed by atoms with E-state index < -0.39 is 0 Å². The van der Waals surface area contributed by atoms with Gasteiger partial charge in [0.15, 0.2) is 0 Å². The lowest BCUT2D eigenvalue weighted by molar-refractivity contribution is 0.0654. The molecule has 0 aromatic heterocycles. The second-order valence-corrected chi connectivity index (χ2v) is 5.19. The third-order valence-corrected chi connectivity index (χ3v) is 3.81. The SMILES string of the molecule is CC1CNCCN1C(=O)c1ccccc1I. The Morgan fingerprint density at radius 2 is 2.25 bits per heavy atom. The van der Waals surface area contributed by atoms with Crippen LogP contribution < -0.4 is 5.32 Å². The summed E-state index contributed by atoms with van der Waals surface area (Å²) in [5.74, 6) is 0.152. The van der Waals surface area contributed by atoms with E-state index in [1.54, 1.807) is 0 Å². The minimum Gasteiger partial charge on any atom is -0.333 e. The zero-order valence-electron chi connectivity index (χ0n) is 9.24. The quantitative estimate of drug-likeness (QED) is 0.796. The van der Waals surface area contributed by atoms with Gasteiger partial charge < -0.3 is 10.2 Å². The normalized spacial score (nSPS) is 20.9. The Morgan fingerprint density at radius 3 is 2.94 bits per heavy atom. The van der Waals surface area contributed by atoms with Gasteiger partial charge in [0.05, 0.1) is 5.56 Å². The Hall–Kier alpha value is -0.620. The molecule has 1 saturated heterocycles. The molecule has 1 N–H and O–H groups in total. The van der Waals surface area contributed by atoms with Crippen molar-refractivity contribution in [3.8, 4) is 0 Å². The summed E-state index contributed by atoms with van der Waals surface area (Å²) in [5, 5.41) is 3.29. The number of carbonyl (C=O) groups excluding carboxylic acids is 1. The first kappa shape index (κ1) is 11.9. The maximum atomic E-state index is 12.3. The Bertz CT molecular complexity index is 394. The van der Waals surface area contributed by atoms with Gasteiger partial charge in [0.1, 0.15) is 0 Å². The highest BCUT2D eigenvalue weighted by atomic mass is 127. The van der Waals surface area contributed by atoms with Gasteiger partial charge in [-0.3, -0.25) is 4.79 Å². The average molecular weight is 330 g/mol. The molecule has 0 bridgehead atoms. The molecule has 4 heteroatoms. The van der Waals surface area contributed by atoms with Crippen LogP contribution in [0.25, 0.3) is 0 Å². The van der Waals surface area contributed by atoms with E-state index in [1.165, 1.54) is 0 Å². The number of rotatable bonds is 1. The number of nitrogens with one attached hydrogen (secondary N) is 1. The highest BCUT2D eigenvalue weighted by Crippen LogP contribution is 2.16. The van der Waals surface area contributed by atoms with Gasteiger partial charge in [0.2, 0.25) is 0 Å². The summed E-state index contributed by atoms with van der Waals surface area (Å²) >= 11 is 2.22. The van der Waals surface area contributed by atoms with Gasteiger partial charge in [0.25, 0.3) is 5.91 Å². The summed E-state index contributed by atoms with van der Waals surface area (Å²) in [6.45, 7) is 4.65. The molecule has 2 rings (SSSR count). The van der Waals surface area contributed by atoms with Crippen LogP contribution in [0.15, 0.2) is 24.3 Å². The van der Waals surface area contributed by atoms with Crippen molar-refractivity contribution in [2.24, 2.45) is 0 Å². The zero-order chi connectivity index (χ0) is 11.5. The summed E-state index contributed by atoms with van der Waals surface area (Å²) in [7, 11) is 0. The number of halogens is 1. The van der Waals surface area contributed by atoms with Crippen LogP contribution in [0.1, 0.15) is 17.3 Å². The van der Waals surface area contributed by atoms with Crippen molar-refractivity contribution < 1.29 is 4.79 Å². The highest BCUT2D eigenvalue weighted by molar-refractivity contribution is 14.1. The fourth-order valence-electron chi connectivity index (χ4n) is 1.93. The van der Waals surface area contributed by atoms with Crippen LogP contribution in [0, 0.1) is 3.57 Å². The first-order chi connectivity index (χ1) is 7.70. The van der Waals surface area contributed by atoms with Crippen molar-refractivity contribution in [1.82, 2.24) is 10.2 Å². The molecular weight excluding hydrogens is 315 g/mol. The van der Waals surface area contributed by atoms with E-state index in [0.717, 1.165) is 28.8 Å². The fourth-order valence-corrected chi connectivity index (χ4v) is 2.55. The molecule has 1 unspecified atom stereocenters. The van der Waals surface area contributed by atoms with Crippen molar-refractivity contribution in [2.75, 3.05) is 19.6 Å². The summed E-state index contributed by atoms with van der Waals surface area (Å²) in [6, 6.07) is 8.03. The molecule has 1 aromatic carbocycles. The molecule has 1 aromatic rings. The van der Waals surface area contributed by atoms with Crippen molar-refractivity contribution in [1.29, 1.82) is 0 Å². The summed E-state index contributed by atoms with van der Waals surface area (Å²) < 4.78 is 1.02. The van der Waals surface area contributed by atoms with Crippen LogP contribution >= 0.6 is 22.6 Å². The van der Waals surface area contributed by atoms with Gasteiger partial charge in [0, 0.05) is 29.2 Å². The van der Waals surface area contributed by atoms with E-state index >= 15 is 0 Å². The van der Waals surface area contributed by atoms with Gasteiger partial charge in [-0.1, -0.05) is 12.1 Å². The van der Waals surface area contributed by atoms with Gasteiger partial charge in [-0.25, -0.2) is 0 Å². The molecule has 0 saturated carbocycles. The molecular formula is C12H15IN2O. The van der Waals surface area contributed by atoms with Gasteiger partial charge in [-0.15, -0.1) is 0 Å². The lowest BCUT2D eigenvalue weighted by Crippen LogP contribution is -2.52. The predicted octanol–water partition coefficient (Wildman–Crippen LogP) is 1.73. The summed E-state index contributed by atoms with van der Waals surface area (Å²) in [6.07, 6.45) is 0. The number of amides is 1. The Labute approximate surface area is 109 Å². The van der Waals surface area contributed by atoms with E-state index in [9.17, 15) is 4.79 Å². The first-order valence-electron chi connectivity index (χ1n) is 5.46. The van der Waals surface area contributed by atoms with E-state index in [2.05, 4.69) is 34.8 Å². The molecule has 86 valence electrons. The van der Waals surface area contributed by atoms with E-state index in [-0.39, 0.29) is 11.9 Å². The van der Waals surface area contributed by atoms with Gasteiger partial charge in [-0.05, 0) is 41.6 Å². The maximum Gasteiger partial charge on any atom is 0.255 e. The molecule has 1 aliphatic heterocycles. The van der Waals surface area contributed by atoms with E-state index in [0.29, 0.717) is 0 Å². The number of hydrogen-bond acceptors (Lipinski definition) is 2. The molecule has 1 heterocycles. The van der Waals surface area contributed by atoms with Crippen LogP contribution in [0.5, 0.6) is 0 Å². The van der Waals surface area contributed by atoms with Crippen molar-refractivity contribution in [2.45, 2.75) is 13.0 Å². The molecule has 0 radical (unpaired) electrons. The summed E-state index contributed by atoms with van der Waals surface area (Å²) in [5.41, 5.74) is 0.817. The minimum absolute atomic E-state index is 0.152. The van der Waals surface area contributed by atoms with Crippen LogP contribution in [0.2, 0.25) is 0 Å². The fraction of sp³-hybridized carbons (Fsp3) is 0.417. The number of hydrogen-bond donors (Lipinski definition) is 1. The number of piperazine rings is 1. The third kappa shape index (κ3) is 2.38. The van der Waals surface area contributed by atoms with Crippen LogP contribution in [0.4, 0.5) is 0 Å². The second-order valence-electron chi connectivity index (χ2n) is 4.03. The first-order valence-corrected chi connectivity index (χ1v) is 6.54. The number of carbonyl (C=O) groups is 1. The van der Waals surface area contributed by atoms with E-state index in [4.69, 9.17) is 0 Å². The lowest BCUT2D eigenvalue weighted by atomic mass is 10.1. The largest absolute Gasteiger partial charge is 0.333 e. The molecule has 1 atom stereocenters. The number of benzene rings is 1. The average Bonchev–Trinajstić information content (AvgIpc) is 2.29.